The molecule has 2 N–H and O–H groups in total. The van der Waals surface area contributed by atoms with Gasteiger partial charge in [0.25, 0.3) is 0 Å². The fraction of sp³-hybridized carbons (Fsp3) is 0.682. The molecule has 6 heteroatoms. The second-order valence-electron chi connectivity index (χ2n) is 7.92. The first kappa shape index (κ1) is 22.5. The second kappa shape index (κ2) is 11.3. The second-order valence-corrected chi connectivity index (χ2v) is 7.92. The lowest BCUT2D eigenvalue weighted by atomic mass is 10.1. The van der Waals surface area contributed by atoms with Crippen molar-refractivity contribution in [2.24, 2.45) is 4.99 Å². The predicted octanol–water partition coefficient (Wildman–Crippen LogP) is 2.47. The highest BCUT2D eigenvalue weighted by Crippen LogP contribution is 2.23. The average Bonchev–Trinajstić information content (AvgIpc) is 2.67. The maximum absolute atomic E-state index is 6.13. The van der Waals surface area contributed by atoms with Gasteiger partial charge in [0.1, 0.15) is 5.75 Å². The van der Waals surface area contributed by atoms with E-state index in [9.17, 15) is 0 Å². The maximum Gasteiger partial charge on any atom is 0.191 e. The van der Waals surface area contributed by atoms with E-state index >= 15 is 0 Å². The number of rotatable bonds is 8. The Hall–Kier alpha value is -1.79. The first-order valence-corrected chi connectivity index (χ1v) is 10.6. The van der Waals surface area contributed by atoms with Crippen molar-refractivity contribution < 1.29 is 4.74 Å². The molecule has 28 heavy (non-hydrogen) atoms. The Morgan fingerprint density at radius 1 is 1.25 bits per heavy atom. The van der Waals surface area contributed by atoms with Gasteiger partial charge in [-0.1, -0.05) is 19.1 Å². The number of aryl methyl sites for hydroxylation is 1. The molecule has 1 aliphatic rings. The van der Waals surface area contributed by atoms with E-state index < -0.39 is 0 Å². The summed E-state index contributed by atoms with van der Waals surface area (Å²) < 4.78 is 6.13. The van der Waals surface area contributed by atoms with Gasteiger partial charge in [-0.15, -0.1) is 0 Å². The van der Waals surface area contributed by atoms with E-state index in [1.54, 1.807) is 0 Å². The molecule has 158 valence electrons. The van der Waals surface area contributed by atoms with Gasteiger partial charge >= 0.3 is 0 Å². The smallest absolute Gasteiger partial charge is 0.191 e. The zero-order valence-corrected chi connectivity index (χ0v) is 18.6. The van der Waals surface area contributed by atoms with Crippen molar-refractivity contribution in [2.45, 2.75) is 52.8 Å². The highest BCUT2D eigenvalue weighted by molar-refractivity contribution is 5.79. The largest absolute Gasteiger partial charge is 0.490 e. The summed E-state index contributed by atoms with van der Waals surface area (Å²) in [6, 6.07) is 6.86. The minimum absolute atomic E-state index is 0.203. The summed E-state index contributed by atoms with van der Waals surface area (Å²) in [7, 11) is 4.39. The predicted molar refractivity (Wildman–Crippen MR) is 118 cm³/mol. The van der Waals surface area contributed by atoms with Crippen molar-refractivity contribution in [3.05, 3.63) is 29.3 Å². The van der Waals surface area contributed by atoms with Gasteiger partial charge in [0.05, 0.1) is 12.6 Å². The molecule has 0 bridgehead atoms. The van der Waals surface area contributed by atoms with Crippen LogP contribution in [0.2, 0.25) is 0 Å². The van der Waals surface area contributed by atoms with Gasteiger partial charge in [-0.05, 0) is 52.9 Å². The Kier molecular flexibility index (Phi) is 9.06. The minimum atomic E-state index is 0.203. The van der Waals surface area contributed by atoms with Gasteiger partial charge < -0.3 is 20.3 Å². The van der Waals surface area contributed by atoms with E-state index in [0.717, 1.165) is 56.4 Å². The number of hydrogen-bond acceptors (Lipinski definition) is 4. The van der Waals surface area contributed by atoms with Crippen molar-refractivity contribution in [3.63, 3.8) is 0 Å². The topological polar surface area (TPSA) is 52.1 Å². The molecule has 1 aromatic rings. The molecule has 0 aliphatic carbocycles. The van der Waals surface area contributed by atoms with Crippen molar-refractivity contribution in [1.82, 2.24) is 20.4 Å². The van der Waals surface area contributed by atoms with Crippen LogP contribution in [-0.4, -0.2) is 74.7 Å². The number of guanidine groups is 1. The third kappa shape index (κ3) is 6.99. The van der Waals surface area contributed by atoms with Crippen molar-refractivity contribution in [3.8, 4) is 5.75 Å². The number of piperazine rings is 1. The molecule has 2 rings (SSSR count). The molecular formula is C22H39N5O. The van der Waals surface area contributed by atoms with Gasteiger partial charge in [-0.25, -0.2) is 4.99 Å². The summed E-state index contributed by atoms with van der Waals surface area (Å²) in [5.74, 6) is 1.81. The Bertz CT molecular complexity index is 633. The molecular weight excluding hydrogens is 350 g/mol. The van der Waals surface area contributed by atoms with E-state index in [-0.39, 0.29) is 6.10 Å². The van der Waals surface area contributed by atoms with E-state index in [4.69, 9.17) is 9.73 Å². The molecule has 0 saturated carbocycles. The number of ether oxygens (including phenoxy) is 1. The summed E-state index contributed by atoms with van der Waals surface area (Å²) in [4.78, 5) is 9.63. The molecule has 0 radical (unpaired) electrons. The highest BCUT2D eigenvalue weighted by Gasteiger charge is 2.22. The van der Waals surface area contributed by atoms with E-state index in [2.05, 4.69) is 80.4 Å². The maximum atomic E-state index is 6.13. The fourth-order valence-electron chi connectivity index (χ4n) is 3.24. The summed E-state index contributed by atoms with van der Waals surface area (Å²) in [5, 5.41) is 6.89. The summed E-state index contributed by atoms with van der Waals surface area (Å²) >= 11 is 0. The summed E-state index contributed by atoms with van der Waals surface area (Å²) in [6.45, 7) is 14.1. The van der Waals surface area contributed by atoms with E-state index in [1.807, 2.05) is 0 Å². The van der Waals surface area contributed by atoms with Gasteiger partial charge in [0, 0.05) is 44.3 Å². The molecule has 0 amide bonds. The molecule has 1 aromatic carbocycles. The first-order chi connectivity index (χ1) is 13.4. The quantitative estimate of drug-likeness (QED) is 0.528. The number of aliphatic imine (C=N–C) groups is 1. The van der Waals surface area contributed by atoms with Crippen LogP contribution in [0.4, 0.5) is 0 Å². The summed E-state index contributed by atoms with van der Waals surface area (Å²) in [6.07, 6.45) is 1.19. The number of benzene rings is 1. The highest BCUT2D eigenvalue weighted by atomic mass is 16.5. The lowest BCUT2D eigenvalue weighted by Crippen LogP contribution is -2.55. The number of hydrogen-bond donors (Lipinski definition) is 2. The molecule has 1 fully saturated rings. The van der Waals surface area contributed by atoms with Crippen LogP contribution in [0.15, 0.2) is 23.2 Å². The number of nitrogens with zero attached hydrogens (tertiary/aromatic N) is 3. The van der Waals surface area contributed by atoms with Gasteiger partial charge in [-0.3, -0.25) is 4.90 Å². The van der Waals surface area contributed by atoms with Gasteiger partial charge in [0.2, 0.25) is 0 Å². The summed E-state index contributed by atoms with van der Waals surface area (Å²) in [5.41, 5.74) is 2.33. The standard InChI is InChI=1S/C22H39N5O/c1-7-18(4)28-21-13-17(3)9-10-19(21)14-24-22(23-8-2)25-15-20-16-26(5)11-12-27(20)6/h9-10,13,18,20H,7-8,11-12,14-16H2,1-6H3,(H2,23,24,25). The van der Waals surface area contributed by atoms with Crippen molar-refractivity contribution in [1.29, 1.82) is 0 Å². The van der Waals surface area contributed by atoms with Crippen LogP contribution in [0.1, 0.15) is 38.3 Å². The van der Waals surface area contributed by atoms with Crippen LogP contribution >= 0.6 is 0 Å². The van der Waals surface area contributed by atoms with Crippen LogP contribution in [0.5, 0.6) is 5.75 Å². The molecule has 6 nitrogen and oxygen atoms in total. The Morgan fingerprint density at radius 2 is 2.04 bits per heavy atom. The Morgan fingerprint density at radius 3 is 2.75 bits per heavy atom. The number of nitrogens with one attached hydrogen (secondary N) is 2. The fourth-order valence-corrected chi connectivity index (χ4v) is 3.24. The Balaban J connectivity index is 2.03. The molecule has 2 atom stereocenters. The van der Waals surface area contributed by atoms with Crippen LogP contribution in [0.25, 0.3) is 0 Å². The van der Waals surface area contributed by atoms with Crippen LogP contribution < -0.4 is 15.4 Å². The van der Waals surface area contributed by atoms with Crippen LogP contribution in [0, 0.1) is 6.92 Å². The van der Waals surface area contributed by atoms with Crippen LogP contribution in [0.3, 0.4) is 0 Å². The SMILES string of the molecule is CCNC(=NCc1ccc(C)cc1OC(C)CC)NCC1CN(C)CCN1C. The third-order valence-corrected chi connectivity index (χ3v) is 5.36. The first-order valence-electron chi connectivity index (χ1n) is 10.6. The monoisotopic (exact) mass is 389 g/mol. The molecule has 1 aliphatic heterocycles. The molecule has 1 heterocycles. The normalized spacial score (nSPS) is 20.1. The zero-order valence-electron chi connectivity index (χ0n) is 18.6. The third-order valence-electron chi connectivity index (χ3n) is 5.36. The van der Waals surface area contributed by atoms with Crippen molar-refractivity contribution >= 4 is 5.96 Å². The minimum Gasteiger partial charge on any atom is -0.490 e. The average molecular weight is 390 g/mol. The molecule has 0 spiro atoms. The zero-order chi connectivity index (χ0) is 20.5. The van der Waals surface area contributed by atoms with Gasteiger partial charge in [0.15, 0.2) is 5.96 Å². The molecule has 0 aromatic heterocycles. The lowest BCUT2D eigenvalue weighted by Gasteiger charge is -2.37. The Labute approximate surface area is 171 Å². The molecule has 2 unspecified atom stereocenters. The lowest BCUT2D eigenvalue weighted by molar-refractivity contribution is 0.116. The van der Waals surface area contributed by atoms with Crippen LogP contribution in [-0.2, 0) is 6.54 Å². The number of likely N-dealkylation sites (N-methyl/N-ethyl adjacent to an activating group) is 2. The van der Waals surface area contributed by atoms with Crippen molar-refractivity contribution in [2.75, 3.05) is 46.8 Å². The van der Waals surface area contributed by atoms with E-state index in [1.165, 1.54) is 5.56 Å². The molecule has 1 saturated heterocycles. The van der Waals surface area contributed by atoms with E-state index in [0.29, 0.717) is 12.6 Å². The van der Waals surface area contributed by atoms with Gasteiger partial charge in [-0.2, -0.15) is 0 Å².